The van der Waals surface area contributed by atoms with Gasteiger partial charge in [-0.25, -0.2) is 9.78 Å². The third kappa shape index (κ3) is 2.70. The lowest BCUT2D eigenvalue weighted by atomic mass is 10.0. The molecule has 1 aromatic heterocycles. The van der Waals surface area contributed by atoms with Crippen LogP contribution in [-0.4, -0.2) is 40.2 Å². The summed E-state index contributed by atoms with van der Waals surface area (Å²) in [4.78, 5) is 17.1. The second kappa shape index (κ2) is 5.22. The Bertz CT molecular complexity index is 450. The van der Waals surface area contributed by atoms with Gasteiger partial charge >= 0.3 is 6.03 Å². The molecule has 98 valence electrons. The van der Waals surface area contributed by atoms with Crippen LogP contribution in [0.15, 0.2) is 12.3 Å². The molecule has 0 saturated heterocycles. The average Bonchev–Trinajstić information content (AvgIpc) is 2.37. The van der Waals surface area contributed by atoms with Gasteiger partial charge in [-0.1, -0.05) is 0 Å². The molecule has 0 aromatic carbocycles. The van der Waals surface area contributed by atoms with E-state index in [0.717, 1.165) is 17.5 Å². The van der Waals surface area contributed by atoms with Gasteiger partial charge in [0.1, 0.15) is 5.82 Å². The summed E-state index contributed by atoms with van der Waals surface area (Å²) < 4.78 is 0. The van der Waals surface area contributed by atoms with E-state index in [1.807, 2.05) is 19.2 Å². The Morgan fingerprint density at radius 3 is 3.11 bits per heavy atom. The van der Waals surface area contributed by atoms with Crippen molar-refractivity contribution in [1.29, 1.82) is 0 Å². The predicted octanol–water partition coefficient (Wildman–Crippen LogP) is 0.311. The zero-order valence-corrected chi connectivity index (χ0v) is 10.4. The molecule has 0 bridgehead atoms. The molecule has 0 radical (unpaired) electrons. The minimum Gasteiger partial charge on any atom is -0.394 e. The van der Waals surface area contributed by atoms with Crippen LogP contribution in [0.5, 0.6) is 0 Å². The maximum atomic E-state index is 11.2. The maximum Gasteiger partial charge on any atom is 0.315 e. The van der Waals surface area contributed by atoms with Crippen molar-refractivity contribution in [3.05, 3.63) is 23.4 Å². The molecule has 0 fully saturated rings. The Morgan fingerprint density at radius 1 is 1.67 bits per heavy atom. The highest BCUT2D eigenvalue weighted by Gasteiger charge is 2.19. The van der Waals surface area contributed by atoms with Gasteiger partial charge in [-0.05, 0) is 30.5 Å². The third-order valence-corrected chi connectivity index (χ3v) is 3.07. The summed E-state index contributed by atoms with van der Waals surface area (Å²) in [6.45, 7) is 3.09. The number of carbonyl (C=O) groups is 1. The van der Waals surface area contributed by atoms with E-state index in [0.29, 0.717) is 18.9 Å². The molecule has 1 aromatic rings. The van der Waals surface area contributed by atoms with E-state index in [1.54, 1.807) is 4.90 Å². The lowest BCUT2D eigenvalue weighted by Gasteiger charge is -2.27. The number of nitrogens with one attached hydrogen (secondary N) is 1. The number of nitrogens with zero attached hydrogens (tertiary/aromatic N) is 2. The molecule has 4 N–H and O–H groups in total. The monoisotopic (exact) mass is 250 g/mol. The van der Waals surface area contributed by atoms with E-state index < -0.39 is 6.03 Å². The first-order valence-electron chi connectivity index (χ1n) is 5.99. The number of rotatable bonds is 3. The van der Waals surface area contributed by atoms with Crippen molar-refractivity contribution in [1.82, 2.24) is 9.88 Å². The Balaban J connectivity index is 2.15. The normalized spacial score (nSPS) is 16.0. The van der Waals surface area contributed by atoms with Gasteiger partial charge in [-0.2, -0.15) is 0 Å². The second-order valence-electron chi connectivity index (χ2n) is 4.58. The van der Waals surface area contributed by atoms with E-state index in [4.69, 9.17) is 10.8 Å². The van der Waals surface area contributed by atoms with Crippen molar-refractivity contribution in [3.8, 4) is 0 Å². The van der Waals surface area contributed by atoms with Gasteiger partial charge in [-0.15, -0.1) is 0 Å². The molecule has 1 unspecified atom stereocenters. The van der Waals surface area contributed by atoms with Crippen LogP contribution >= 0.6 is 0 Å². The van der Waals surface area contributed by atoms with Crippen molar-refractivity contribution in [2.24, 2.45) is 5.73 Å². The Hall–Kier alpha value is -1.82. The van der Waals surface area contributed by atoms with Crippen LogP contribution in [0.25, 0.3) is 0 Å². The van der Waals surface area contributed by atoms with Gasteiger partial charge in [0.25, 0.3) is 0 Å². The largest absolute Gasteiger partial charge is 0.394 e. The van der Waals surface area contributed by atoms with Gasteiger partial charge in [0.05, 0.1) is 6.61 Å². The van der Waals surface area contributed by atoms with E-state index >= 15 is 0 Å². The molecular formula is C12H18N4O2. The fraction of sp³-hybridized carbons (Fsp3) is 0.500. The molecule has 1 aliphatic heterocycles. The molecule has 1 aliphatic rings. The molecule has 18 heavy (non-hydrogen) atoms. The average molecular weight is 250 g/mol. The Kier molecular flexibility index (Phi) is 3.66. The molecule has 0 saturated carbocycles. The van der Waals surface area contributed by atoms with Crippen molar-refractivity contribution < 1.29 is 9.90 Å². The van der Waals surface area contributed by atoms with Crippen LogP contribution in [0.4, 0.5) is 10.6 Å². The molecule has 2 heterocycles. The van der Waals surface area contributed by atoms with Crippen molar-refractivity contribution in [2.75, 3.05) is 18.5 Å². The topological polar surface area (TPSA) is 91.5 Å². The summed E-state index contributed by atoms with van der Waals surface area (Å²) in [5, 5.41) is 12.1. The van der Waals surface area contributed by atoms with Gasteiger partial charge < -0.3 is 21.1 Å². The SMILES string of the molecule is CC(CO)Nc1cc2c(cn1)CCN(C(N)=O)C2. The zero-order chi connectivity index (χ0) is 13.1. The number of pyridine rings is 1. The molecule has 0 aliphatic carbocycles. The zero-order valence-electron chi connectivity index (χ0n) is 10.4. The first kappa shape index (κ1) is 12.6. The molecule has 6 nitrogen and oxygen atoms in total. The lowest BCUT2D eigenvalue weighted by molar-refractivity contribution is 0.202. The number of anilines is 1. The molecule has 1 atom stereocenters. The van der Waals surface area contributed by atoms with Crippen LogP contribution in [-0.2, 0) is 13.0 Å². The number of primary amides is 1. The molecule has 0 spiro atoms. The fourth-order valence-corrected chi connectivity index (χ4v) is 2.00. The second-order valence-corrected chi connectivity index (χ2v) is 4.58. The Labute approximate surface area is 106 Å². The standard InChI is InChI=1S/C12H18N4O2/c1-8(7-17)15-11-4-10-6-16(12(13)18)3-2-9(10)5-14-11/h4-5,8,17H,2-3,6-7H2,1H3,(H2,13,18)(H,14,15). The highest BCUT2D eigenvalue weighted by Crippen LogP contribution is 2.20. The van der Waals surface area contributed by atoms with Crippen molar-refractivity contribution in [3.63, 3.8) is 0 Å². The summed E-state index contributed by atoms with van der Waals surface area (Å²) in [5.74, 6) is 0.710. The summed E-state index contributed by atoms with van der Waals surface area (Å²) in [6, 6.07) is 1.47. The summed E-state index contributed by atoms with van der Waals surface area (Å²) in [7, 11) is 0. The van der Waals surface area contributed by atoms with E-state index in [-0.39, 0.29) is 12.6 Å². The van der Waals surface area contributed by atoms with Crippen LogP contribution in [0.3, 0.4) is 0 Å². The summed E-state index contributed by atoms with van der Waals surface area (Å²) >= 11 is 0. The van der Waals surface area contributed by atoms with Crippen LogP contribution < -0.4 is 11.1 Å². The number of urea groups is 1. The van der Waals surface area contributed by atoms with Crippen molar-refractivity contribution >= 4 is 11.8 Å². The molecule has 6 heteroatoms. The first-order chi connectivity index (χ1) is 8.60. The number of aromatic nitrogens is 1. The number of amides is 2. The van der Waals surface area contributed by atoms with Gasteiger partial charge in [0.15, 0.2) is 0 Å². The van der Waals surface area contributed by atoms with Crippen LogP contribution in [0.2, 0.25) is 0 Å². The number of hydrogen-bond acceptors (Lipinski definition) is 4. The lowest BCUT2D eigenvalue weighted by Crippen LogP contribution is -2.39. The van der Waals surface area contributed by atoms with E-state index in [9.17, 15) is 4.79 Å². The number of aliphatic hydroxyl groups excluding tert-OH is 1. The number of hydrogen-bond donors (Lipinski definition) is 3. The minimum absolute atomic E-state index is 0.0478. The molecular weight excluding hydrogens is 232 g/mol. The van der Waals surface area contributed by atoms with Gasteiger partial charge in [-0.3, -0.25) is 0 Å². The summed E-state index contributed by atoms with van der Waals surface area (Å²) in [6.07, 6.45) is 2.60. The van der Waals surface area contributed by atoms with Gasteiger partial charge in [0, 0.05) is 25.3 Å². The first-order valence-corrected chi connectivity index (χ1v) is 5.99. The van der Waals surface area contributed by atoms with Crippen LogP contribution in [0, 0.1) is 0 Å². The third-order valence-electron chi connectivity index (χ3n) is 3.07. The highest BCUT2D eigenvalue weighted by atomic mass is 16.3. The fourth-order valence-electron chi connectivity index (χ4n) is 2.00. The summed E-state index contributed by atoms with van der Waals surface area (Å²) in [5.41, 5.74) is 7.49. The number of aliphatic hydroxyl groups is 1. The smallest absolute Gasteiger partial charge is 0.315 e. The number of nitrogens with two attached hydrogens (primary N) is 1. The highest BCUT2D eigenvalue weighted by molar-refractivity contribution is 5.72. The van der Waals surface area contributed by atoms with E-state index in [2.05, 4.69) is 10.3 Å². The Morgan fingerprint density at radius 2 is 2.44 bits per heavy atom. The maximum absolute atomic E-state index is 11.2. The molecule has 2 rings (SSSR count). The molecule has 2 amide bonds. The predicted molar refractivity (Wildman–Crippen MR) is 68.1 cm³/mol. The van der Waals surface area contributed by atoms with E-state index in [1.165, 1.54) is 0 Å². The van der Waals surface area contributed by atoms with Gasteiger partial charge in [0.2, 0.25) is 0 Å². The quantitative estimate of drug-likeness (QED) is 0.720. The number of carbonyl (C=O) groups excluding carboxylic acids is 1. The number of fused-ring (bicyclic) bond motifs is 1. The van der Waals surface area contributed by atoms with Crippen LogP contribution in [0.1, 0.15) is 18.1 Å². The van der Waals surface area contributed by atoms with Crippen molar-refractivity contribution in [2.45, 2.75) is 25.9 Å². The minimum atomic E-state index is -0.393.